The first kappa shape index (κ1) is 18.1. The zero-order chi connectivity index (χ0) is 15.7. The highest BCUT2D eigenvalue weighted by Gasteiger charge is 2.14. The van der Waals surface area contributed by atoms with Crippen molar-refractivity contribution in [3.05, 3.63) is 29.8 Å². The van der Waals surface area contributed by atoms with Gasteiger partial charge in [0.15, 0.2) is 0 Å². The molecule has 0 spiro atoms. The highest BCUT2D eigenvalue weighted by molar-refractivity contribution is 7.89. The van der Waals surface area contributed by atoms with Gasteiger partial charge in [-0.05, 0) is 36.6 Å². The van der Waals surface area contributed by atoms with Gasteiger partial charge in [-0.1, -0.05) is 26.0 Å². The largest absolute Gasteiger partial charge is 0.384 e. The third kappa shape index (κ3) is 6.56. The maximum absolute atomic E-state index is 12.1. The van der Waals surface area contributed by atoms with E-state index in [-0.39, 0.29) is 5.92 Å². The Bertz CT molecular complexity index is 500. The molecule has 0 aliphatic carbocycles. The summed E-state index contributed by atoms with van der Waals surface area (Å²) in [6, 6.07) is 6.98. The smallest absolute Gasteiger partial charge is 0.240 e. The zero-order valence-corrected chi connectivity index (χ0v) is 13.9. The average Bonchev–Trinajstić information content (AvgIpc) is 2.46. The van der Waals surface area contributed by atoms with Crippen LogP contribution in [0.25, 0.3) is 0 Å². The van der Waals surface area contributed by atoms with Crippen molar-refractivity contribution in [2.45, 2.75) is 31.7 Å². The molecule has 120 valence electrons. The van der Waals surface area contributed by atoms with Crippen LogP contribution in [0.4, 0.5) is 0 Å². The second kappa shape index (κ2) is 9.15. The van der Waals surface area contributed by atoms with E-state index in [0.29, 0.717) is 18.0 Å². The molecule has 21 heavy (non-hydrogen) atoms. The van der Waals surface area contributed by atoms with Crippen LogP contribution in [0.3, 0.4) is 0 Å². The first-order chi connectivity index (χ1) is 9.99. The van der Waals surface area contributed by atoms with E-state index in [4.69, 9.17) is 4.74 Å². The summed E-state index contributed by atoms with van der Waals surface area (Å²) in [6.45, 7) is 6.67. The standard InChI is InChI=1S/C15H26N2O3S/c1-4-9-16-11-14-5-7-15(8-6-14)21(18,19)17-10-13(2)12-20-3/h5-8,13,16-17H,4,9-12H2,1-3H3. The number of methoxy groups -OCH3 is 1. The van der Waals surface area contributed by atoms with Gasteiger partial charge in [0, 0.05) is 26.8 Å². The zero-order valence-electron chi connectivity index (χ0n) is 13.1. The van der Waals surface area contributed by atoms with E-state index in [9.17, 15) is 8.42 Å². The van der Waals surface area contributed by atoms with Crippen molar-refractivity contribution in [2.75, 3.05) is 26.8 Å². The Kier molecular flexibility index (Phi) is 7.88. The molecule has 0 aliphatic heterocycles. The van der Waals surface area contributed by atoms with Gasteiger partial charge in [-0.3, -0.25) is 0 Å². The number of benzene rings is 1. The van der Waals surface area contributed by atoms with Crippen LogP contribution in [0.1, 0.15) is 25.8 Å². The van der Waals surface area contributed by atoms with Gasteiger partial charge >= 0.3 is 0 Å². The van der Waals surface area contributed by atoms with Crippen molar-refractivity contribution in [2.24, 2.45) is 5.92 Å². The third-order valence-corrected chi connectivity index (χ3v) is 4.50. The summed E-state index contributed by atoms with van der Waals surface area (Å²) in [4.78, 5) is 0.298. The van der Waals surface area contributed by atoms with Gasteiger partial charge in [-0.2, -0.15) is 0 Å². The highest BCUT2D eigenvalue weighted by Crippen LogP contribution is 2.11. The maximum Gasteiger partial charge on any atom is 0.240 e. The van der Waals surface area contributed by atoms with Crippen molar-refractivity contribution in [1.29, 1.82) is 0 Å². The van der Waals surface area contributed by atoms with E-state index >= 15 is 0 Å². The highest BCUT2D eigenvalue weighted by atomic mass is 32.2. The minimum atomic E-state index is -3.44. The fourth-order valence-electron chi connectivity index (χ4n) is 1.87. The molecule has 6 heteroatoms. The third-order valence-electron chi connectivity index (χ3n) is 3.06. The molecular weight excluding hydrogens is 288 g/mol. The SMILES string of the molecule is CCCNCc1ccc(S(=O)(=O)NCC(C)COC)cc1. The first-order valence-corrected chi connectivity index (χ1v) is 8.76. The van der Waals surface area contributed by atoms with Gasteiger partial charge in [0.1, 0.15) is 0 Å². The van der Waals surface area contributed by atoms with E-state index in [1.807, 2.05) is 19.1 Å². The van der Waals surface area contributed by atoms with Crippen LogP contribution >= 0.6 is 0 Å². The van der Waals surface area contributed by atoms with Crippen LogP contribution < -0.4 is 10.0 Å². The fourth-order valence-corrected chi connectivity index (χ4v) is 3.04. The van der Waals surface area contributed by atoms with Gasteiger partial charge in [0.05, 0.1) is 4.90 Å². The summed E-state index contributed by atoms with van der Waals surface area (Å²) in [5, 5.41) is 3.28. The van der Waals surface area contributed by atoms with Gasteiger partial charge in [-0.15, -0.1) is 0 Å². The summed E-state index contributed by atoms with van der Waals surface area (Å²) in [7, 11) is -1.83. The van der Waals surface area contributed by atoms with Crippen molar-refractivity contribution in [3.8, 4) is 0 Å². The lowest BCUT2D eigenvalue weighted by molar-refractivity contribution is 0.161. The number of hydrogen-bond acceptors (Lipinski definition) is 4. The molecule has 0 bridgehead atoms. The molecule has 2 N–H and O–H groups in total. The molecule has 1 aromatic rings. The summed E-state index contributed by atoms with van der Waals surface area (Å²) in [5.74, 6) is 0.141. The van der Waals surface area contributed by atoms with Gasteiger partial charge < -0.3 is 10.1 Å². The average molecular weight is 314 g/mol. The molecule has 0 fully saturated rings. The monoisotopic (exact) mass is 314 g/mol. The van der Waals surface area contributed by atoms with Crippen LogP contribution in [0.15, 0.2) is 29.2 Å². The Balaban J connectivity index is 2.58. The lowest BCUT2D eigenvalue weighted by Gasteiger charge is -2.12. The lowest BCUT2D eigenvalue weighted by atomic mass is 10.2. The van der Waals surface area contributed by atoms with Gasteiger partial charge in [0.2, 0.25) is 10.0 Å². The van der Waals surface area contributed by atoms with E-state index < -0.39 is 10.0 Å². The van der Waals surface area contributed by atoms with Crippen LogP contribution in [-0.4, -0.2) is 35.2 Å². The molecule has 0 heterocycles. The second-order valence-corrected chi connectivity index (χ2v) is 7.00. The lowest BCUT2D eigenvalue weighted by Crippen LogP contribution is -2.30. The van der Waals surface area contributed by atoms with Crippen molar-refractivity contribution < 1.29 is 13.2 Å². The predicted molar refractivity (Wildman–Crippen MR) is 84.7 cm³/mol. The Labute approximate surface area is 128 Å². The Morgan fingerprint density at radius 2 is 1.90 bits per heavy atom. The molecule has 0 aliphatic rings. The molecule has 1 atom stereocenters. The van der Waals surface area contributed by atoms with Crippen molar-refractivity contribution >= 4 is 10.0 Å². The molecule has 1 aromatic carbocycles. The minimum Gasteiger partial charge on any atom is -0.384 e. The van der Waals surface area contributed by atoms with Crippen molar-refractivity contribution in [1.82, 2.24) is 10.0 Å². The van der Waals surface area contributed by atoms with Gasteiger partial charge in [0.25, 0.3) is 0 Å². The van der Waals surface area contributed by atoms with Crippen LogP contribution in [0, 0.1) is 5.92 Å². The topological polar surface area (TPSA) is 67.4 Å². The normalized spacial score (nSPS) is 13.3. The summed E-state index contributed by atoms with van der Waals surface area (Å²) in [5.41, 5.74) is 1.08. The number of ether oxygens (including phenoxy) is 1. The summed E-state index contributed by atoms with van der Waals surface area (Å²) >= 11 is 0. The minimum absolute atomic E-state index is 0.141. The Hall–Kier alpha value is -0.950. The van der Waals surface area contributed by atoms with E-state index in [0.717, 1.165) is 25.1 Å². The second-order valence-electron chi connectivity index (χ2n) is 5.23. The molecule has 0 saturated heterocycles. The number of sulfonamides is 1. The van der Waals surface area contributed by atoms with Crippen LogP contribution in [-0.2, 0) is 21.3 Å². The molecule has 0 aromatic heterocycles. The number of nitrogens with one attached hydrogen (secondary N) is 2. The van der Waals surface area contributed by atoms with Crippen molar-refractivity contribution in [3.63, 3.8) is 0 Å². The first-order valence-electron chi connectivity index (χ1n) is 7.28. The fraction of sp³-hybridized carbons (Fsp3) is 0.600. The molecule has 1 unspecified atom stereocenters. The van der Waals surface area contributed by atoms with Gasteiger partial charge in [-0.25, -0.2) is 13.1 Å². The molecule has 0 amide bonds. The molecule has 0 radical (unpaired) electrons. The van der Waals surface area contributed by atoms with E-state index in [1.165, 1.54) is 0 Å². The molecule has 0 saturated carbocycles. The Morgan fingerprint density at radius 3 is 2.48 bits per heavy atom. The molecular formula is C15H26N2O3S. The quantitative estimate of drug-likeness (QED) is 0.646. The van der Waals surface area contributed by atoms with E-state index in [2.05, 4.69) is 17.0 Å². The van der Waals surface area contributed by atoms with E-state index in [1.54, 1.807) is 19.2 Å². The van der Waals surface area contributed by atoms with Crippen LogP contribution in [0.5, 0.6) is 0 Å². The number of rotatable bonds is 10. The van der Waals surface area contributed by atoms with Crippen LogP contribution in [0.2, 0.25) is 0 Å². The molecule has 5 nitrogen and oxygen atoms in total. The number of hydrogen-bond donors (Lipinski definition) is 2. The summed E-state index contributed by atoms with van der Waals surface area (Å²) < 4.78 is 31.9. The molecule has 1 rings (SSSR count). The Morgan fingerprint density at radius 1 is 1.24 bits per heavy atom. The maximum atomic E-state index is 12.1. The summed E-state index contributed by atoms with van der Waals surface area (Å²) in [6.07, 6.45) is 1.08. The predicted octanol–water partition coefficient (Wildman–Crippen LogP) is 1.75.